The van der Waals surface area contributed by atoms with Crippen molar-refractivity contribution in [2.24, 2.45) is 0 Å². The van der Waals surface area contributed by atoms with Crippen LogP contribution in [0, 0.1) is 0 Å². The van der Waals surface area contributed by atoms with E-state index >= 15 is 0 Å². The molecule has 0 aromatic heterocycles. The van der Waals surface area contributed by atoms with Crippen molar-refractivity contribution in [1.82, 2.24) is 9.80 Å². The molecule has 120 valence electrons. The van der Waals surface area contributed by atoms with Crippen molar-refractivity contribution in [1.29, 1.82) is 0 Å². The Hall–Kier alpha value is -1.59. The number of rotatable bonds is 2. The van der Waals surface area contributed by atoms with Crippen LogP contribution in [0.25, 0.3) is 0 Å². The summed E-state index contributed by atoms with van der Waals surface area (Å²) in [6.07, 6.45) is 1.74. The summed E-state index contributed by atoms with van der Waals surface area (Å²) in [5, 5.41) is 10.1. The molecule has 0 saturated carbocycles. The van der Waals surface area contributed by atoms with Gasteiger partial charge in [0.25, 0.3) is 0 Å². The standard InChI is InChI=1S/C17H24N2O3/c1-18-9-7-17(8-10-18)11-15(20)12-19(17)16(21)22-13-14-5-3-2-4-6-14/h2-6,15,20H,7-13H2,1H3. The molecule has 2 saturated heterocycles. The molecule has 2 heterocycles. The molecule has 2 aliphatic rings. The minimum atomic E-state index is -0.437. The number of nitrogens with zero attached hydrogens (tertiary/aromatic N) is 2. The Balaban J connectivity index is 1.65. The number of carbonyl (C=O) groups excluding carboxylic acids is 1. The summed E-state index contributed by atoms with van der Waals surface area (Å²) < 4.78 is 5.48. The number of hydrogen-bond donors (Lipinski definition) is 1. The number of ether oxygens (including phenoxy) is 1. The van der Waals surface area contributed by atoms with Crippen molar-refractivity contribution in [2.45, 2.75) is 37.5 Å². The Morgan fingerprint density at radius 3 is 2.68 bits per heavy atom. The van der Waals surface area contributed by atoms with Crippen LogP contribution in [-0.4, -0.2) is 59.3 Å². The van der Waals surface area contributed by atoms with Gasteiger partial charge in [0.15, 0.2) is 0 Å². The van der Waals surface area contributed by atoms with E-state index in [-0.39, 0.29) is 18.2 Å². The Morgan fingerprint density at radius 1 is 1.32 bits per heavy atom. The lowest BCUT2D eigenvalue weighted by molar-refractivity contribution is 0.0366. The van der Waals surface area contributed by atoms with Crippen LogP contribution in [-0.2, 0) is 11.3 Å². The molecule has 0 bridgehead atoms. The Labute approximate surface area is 131 Å². The van der Waals surface area contributed by atoms with Crippen LogP contribution >= 0.6 is 0 Å². The van der Waals surface area contributed by atoms with Gasteiger partial charge in [-0.2, -0.15) is 0 Å². The highest BCUT2D eigenvalue weighted by Crippen LogP contribution is 2.38. The van der Waals surface area contributed by atoms with Gasteiger partial charge in [0, 0.05) is 13.1 Å². The Morgan fingerprint density at radius 2 is 2.00 bits per heavy atom. The quantitative estimate of drug-likeness (QED) is 0.906. The zero-order valence-corrected chi connectivity index (χ0v) is 13.1. The van der Waals surface area contributed by atoms with Crippen molar-refractivity contribution < 1.29 is 14.6 Å². The summed E-state index contributed by atoms with van der Waals surface area (Å²) in [7, 11) is 2.09. The van der Waals surface area contributed by atoms with Crippen LogP contribution < -0.4 is 0 Å². The van der Waals surface area contributed by atoms with E-state index in [0.29, 0.717) is 13.0 Å². The van der Waals surface area contributed by atoms with Crippen LogP contribution in [0.2, 0.25) is 0 Å². The first-order valence-electron chi connectivity index (χ1n) is 7.94. The molecule has 2 fully saturated rings. The molecule has 3 rings (SSSR count). The average Bonchev–Trinajstić information content (AvgIpc) is 2.86. The third kappa shape index (κ3) is 3.10. The monoisotopic (exact) mass is 304 g/mol. The number of hydrogen-bond acceptors (Lipinski definition) is 4. The first-order chi connectivity index (χ1) is 10.6. The van der Waals surface area contributed by atoms with Gasteiger partial charge in [-0.25, -0.2) is 4.79 Å². The van der Waals surface area contributed by atoms with Crippen molar-refractivity contribution in [3.8, 4) is 0 Å². The number of aliphatic hydroxyl groups excluding tert-OH is 1. The topological polar surface area (TPSA) is 53.0 Å². The molecular weight excluding hydrogens is 280 g/mol. The SMILES string of the molecule is CN1CCC2(CC1)CC(O)CN2C(=O)OCc1ccccc1. The molecule has 5 heteroatoms. The third-order valence-corrected chi connectivity index (χ3v) is 4.92. The predicted molar refractivity (Wildman–Crippen MR) is 83.4 cm³/mol. The molecule has 0 aliphatic carbocycles. The first kappa shape index (κ1) is 15.3. The van der Waals surface area contributed by atoms with Gasteiger partial charge in [-0.1, -0.05) is 30.3 Å². The fourth-order valence-corrected chi connectivity index (χ4v) is 3.59. The molecule has 2 aliphatic heterocycles. The minimum absolute atomic E-state index is 0.223. The van der Waals surface area contributed by atoms with Gasteiger partial charge in [0.1, 0.15) is 6.61 Å². The number of piperidine rings is 1. The van der Waals surface area contributed by atoms with Crippen LogP contribution in [0.15, 0.2) is 30.3 Å². The maximum Gasteiger partial charge on any atom is 0.410 e. The maximum absolute atomic E-state index is 12.5. The molecule has 1 spiro atoms. The second-order valence-corrected chi connectivity index (χ2v) is 6.54. The van der Waals surface area contributed by atoms with Crippen LogP contribution in [0.3, 0.4) is 0 Å². The second-order valence-electron chi connectivity index (χ2n) is 6.54. The van der Waals surface area contributed by atoms with Crippen LogP contribution in [0.1, 0.15) is 24.8 Å². The number of carbonyl (C=O) groups is 1. The van der Waals surface area contributed by atoms with E-state index in [4.69, 9.17) is 4.74 Å². The summed E-state index contributed by atoms with van der Waals surface area (Å²) >= 11 is 0. The molecule has 22 heavy (non-hydrogen) atoms. The van der Waals surface area contributed by atoms with E-state index in [0.717, 1.165) is 31.5 Å². The molecule has 5 nitrogen and oxygen atoms in total. The maximum atomic E-state index is 12.5. The summed E-state index contributed by atoms with van der Waals surface area (Å²) in [5.41, 5.74) is 0.757. The predicted octanol–water partition coefficient (Wildman–Crippen LogP) is 1.85. The molecular formula is C17H24N2O3. The Kier molecular flexibility index (Phi) is 4.36. The van der Waals surface area contributed by atoms with Crippen molar-refractivity contribution in [3.63, 3.8) is 0 Å². The molecule has 1 unspecified atom stereocenters. The first-order valence-corrected chi connectivity index (χ1v) is 7.94. The lowest BCUT2D eigenvalue weighted by Gasteiger charge is -2.43. The van der Waals surface area contributed by atoms with E-state index in [1.54, 1.807) is 4.90 Å². The minimum Gasteiger partial charge on any atom is -0.445 e. The highest BCUT2D eigenvalue weighted by Gasteiger charge is 2.49. The van der Waals surface area contributed by atoms with Gasteiger partial charge in [-0.15, -0.1) is 0 Å². The zero-order chi connectivity index (χ0) is 15.6. The van der Waals surface area contributed by atoms with Gasteiger partial charge in [-0.3, -0.25) is 4.90 Å². The van der Waals surface area contributed by atoms with E-state index in [1.165, 1.54) is 0 Å². The van der Waals surface area contributed by atoms with Crippen LogP contribution in [0.4, 0.5) is 4.79 Å². The second kappa shape index (κ2) is 6.26. The van der Waals surface area contributed by atoms with Gasteiger partial charge < -0.3 is 14.7 Å². The van der Waals surface area contributed by atoms with Gasteiger partial charge >= 0.3 is 6.09 Å². The number of likely N-dealkylation sites (tertiary alicyclic amines) is 2. The lowest BCUT2D eigenvalue weighted by atomic mass is 9.85. The largest absolute Gasteiger partial charge is 0.445 e. The molecule has 0 radical (unpaired) electrons. The number of amides is 1. The highest BCUT2D eigenvalue weighted by molar-refractivity contribution is 5.69. The molecule has 1 aromatic carbocycles. The normalized spacial score (nSPS) is 24.6. The van der Waals surface area contributed by atoms with Gasteiger partial charge in [-0.05, 0) is 31.9 Å². The highest BCUT2D eigenvalue weighted by atomic mass is 16.6. The van der Waals surface area contributed by atoms with E-state index in [1.807, 2.05) is 30.3 Å². The molecule has 1 amide bonds. The fourth-order valence-electron chi connectivity index (χ4n) is 3.59. The molecule has 1 atom stereocenters. The number of benzene rings is 1. The number of β-amino-alcohol motifs (C(OH)–C–C–N with tert-alkyl or cyclic N) is 1. The Bertz CT molecular complexity index is 512. The van der Waals surface area contributed by atoms with Crippen molar-refractivity contribution in [3.05, 3.63) is 35.9 Å². The lowest BCUT2D eigenvalue weighted by Crippen LogP contribution is -2.53. The third-order valence-electron chi connectivity index (χ3n) is 4.92. The average molecular weight is 304 g/mol. The summed E-state index contributed by atoms with van der Waals surface area (Å²) in [4.78, 5) is 16.5. The van der Waals surface area contributed by atoms with Crippen molar-refractivity contribution in [2.75, 3.05) is 26.7 Å². The fraction of sp³-hybridized carbons (Fsp3) is 0.588. The summed E-state index contributed by atoms with van der Waals surface area (Å²) in [6.45, 7) is 2.57. The zero-order valence-electron chi connectivity index (χ0n) is 13.1. The van der Waals surface area contributed by atoms with Gasteiger partial charge in [0.2, 0.25) is 0 Å². The smallest absolute Gasteiger partial charge is 0.410 e. The van der Waals surface area contributed by atoms with Gasteiger partial charge in [0.05, 0.1) is 18.2 Å². The molecule has 1 N–H and O–H groups in total. The van der Waals surface area contributed by atoms with Crippen molar-refractivity contribution >= 4 is 6.09 Å². The summed E-state index contributed by atoms with van der Waals surface area (Å²) in [5.74, 6) is 0. The van der Waals surface area contributed by atoms with E-state index in [9.17, 15) is 9.90 Å². The summed E-state index contributed by atoms with van der Waals surface area (Å²) in [6, 6.07) is 9.69. The molecule has 1 aromatic rings. The number of aliphatic hydroxyl groups is 1. The van der Waals surface area contributed by atoms with E-state index in [2.05, 4.69) is 11.9 Å². The van der Waals surface area contributed by atoms with E-state index < -0.39 is 6.10 Å². The van der Waals surface area contributed by atoms with Crippen LogP contribution in [0.5, 0.6) is 0 Å².